The molecule has 1 saturated carbocycles. The van der Waals surface area contributed by atoms with Crippen molar-refractivity contribution in [2.45, 2.75) is 44.7 Å². The second kappa shape index (κ2) is 6.15. The fourth-order valence-corrected chi connectivity index (χ4v) is 2.76. The molecule has 0 unspecified atom stereocenters. The summed E-state index contributed by atoms with van der Waals surface area (Å²) in [5, 5.41) is 3.32. The fraction of sp³-hybridized carbons (Fsp3) is 0.600. The van der Waals surface area contributed by atoms with Gasteiger partial charge in [-0.2, -0.15) is 0 Å². The van der Waals surface area contributed by atoms with Crippen molar-refractivity contribution in [2.75, 3.05) is 14.1 Å². The standard InChI is InChI=1S/C15H23N3O/c1-11-5-4-6-14(17-11)15(19)18(3)13-9-7-12(16-2)8-10-13/h4-6,12-13,16H,7-10H2,1-3H3. The maximum Gasteiger partial charge on any atom is 0.272 e. The predicted octanol–water partition coefficient (Wildman–Crippen LogP) is 1.99. The van der Waals surface area contributed by atoms with Crippen LogP contribution in [0.4, 0.5) is 0 Å². The first-order chi connectivity index (χ1) is 9.11. The first kappa shape index (κ1) is 14.0. The molecular weight excluding hydrogens is 238 g/mol. The van der Waals surface area contributed by atoms with Crippen LogP contribution >= 0.6 is 0 Å². The molecule has 1 aromatic heterocycles. The van der Waals surface area contributed by atoms with Crippen molar-refractivity contribution in [2.24, 2.45) is 0 Å². The summed E-state index contributed by atoms with van der Waals surface area (Å²) in [5.41, 5.74) is 1.44. The number of hydrogen-bond acceptors (Lipinski definition) is 3. The molecule has 2 rings (SSSR count). The van der Waals surface area contributed by atoms with E-state index in [2.05, 4.69) is 10.3 Å². The van der Waals surface area contributed by atoms with Gasteiger partial charge in [-0.15, -0.1) is 0 Å². The topological polar surface area (TPSA) is 45.2 Å². The average Bonchev–Trinajstić information content (AvgIpc) is 2.46. The van der Waals surface area contributed by atoms with E-state index in [9.17, 15) is 4.79 Å². The molecule has 0 bridgehead atoms. The fourth-order valence-electron chi connectivity index (χ4n) is 2.76. The lowest BCUT2D eigenvalue weighted by atomic mass is 9.90. The van der Waals surface area contributed by atoms with Gasteiger partial charge in [0, 0.05) is 24.8 Å². The first-order valence-electron chi connectivity index (χ1n) is 7.00. The molecule has 1 fully saturated rings. The number of aromatic nitrogens is 1. The van der Waals surface area contributed by atoms with Gasteiger partial charge >= 0.3 is 0 Å². The lowest BCUT2D eigenvalue weighted by molar-refractivity contribution is 0.0679. The van der Waals surface area contributed by atoms with Gasteiger partial charge in [0.15, 0.2) is 0 Å². The molecule has 0 aromatic carbocycles. The van der Waals surface area contributed by atoms with E-state index in [0.717, 1.165) is 31.4 Å². The number of amides is 1. The summed E-state index contributed by atoms with van der Waals surface area (Å²) in [6, 6.07) is 6.55. The summed E-state index contributed by atoms with van der Waals surface area (Å²) in [6.07, 6.45) is 4.42. The number of nitrogens with zero attached hydrogens (tertiary/aromatic N) is 2. The van der Waals surface area contributed by atoms with Crippen LogP contribution in [0.5, 0.6) is 0 Å². The normalized spacial score (nSPS) is 23.1. The molecule has 0 radical (unpaired) electrons. The zero-order chi connectivity index (χ0) is 13.8. The van der Waals surface area contributed by atoms with E-state index < -0.39 is 0 Å². The van der Waals surface area contributed by atoms with E-state index in [4.69, 9.17) is 0 Å². The maximum absolute atomic E-state index is 12.4. The zero-order valence-electron chi connectivity index (χ0n) is 12.0. The molecule has 104 valence electrons. The van der Waals surface area contributed by atoms with Crippen molar-refractivity contribution in [3.63, 3.8) is 0 Å². The Kier molecular flexibility index (Phi) is 4.53. The highest BCUT2D eigenvalue weighted by molar-refractivity contribution is 5.92. The van der Waals surface area contributed by atoms with Gasteiger partial charge in [-0.05, 0) is 51.8 Å². The largest absolute Gasteiger partial charge is 0.337 e. The molecule has 0 spiro atoms. The zero-order valence-corrected chi connectivity index (χ0v) is 12.0. The summed E-state index contributed by atoms with van der Waals surface area (Å²) in [7, 11) is 3.91. The SMILES string of the molecule is CNC1CCC(N(C)C(=O)c2cccc(C)n2)CC1. The Morgan fingerprint density at radius 1 is 1.32 bits per heavy atom. The van der Waals surface area contributed by atoms with Crippen molar-refractivity contribution in [1.82, 2.24) is 15.2 Å². The summed E-state index contributed by atoms with van der Waals surface area (Å²) in [6.45, 7) is 1.91. The van der Waals surface area contributed by atoms with Gasteiger partial charge in [-0.1, -0.05) is 6.07 Å². The molecule has 1 heterocycles. The van der Waals surface area contributed by atoms with Crippen molar-refractivity contribution < 1.29 is 4.79 Å². The van der Waals surface area contributed by atoms with Crippen LogP contribution in [0.15, 0.2) is 18.2 Å². The van der Waals surface area contributed by atoms with Gasteiger partial charge in [0.05, 0.1) is 0 Å². The Bertz CT molecular complexity index is 439. The monoisotopic (exact) mass is 261 g/mol. The summed E-state index contributed by atoms with van der Waals surface area (Å²) < 4.78 is 0. The number of rotatable bonds is 3. The molecule has 0 saturated heterocycles. The van der Waals surface area contributed by atoms with E-state index in [1.165, 1.54) is 0 Å². The third kappa shape index (κ3) is 3.32. The first-order valence-corrected chi connectivity index (χ1v) is 7.00. The summed E-state index contributed by atoms with van der Waals surface area (Å²) in [4.78, 5) is 18.6. The average molecular weight is 261 g/mol. The van der Waals surface area contributed by atoms with Crippen LogP contribution in [-0.2, 0) is 0 Å². The molecule has 1 aliphatic rings. The van der Waals surface area contributed by atoms with Crippen molar-refractivity contribution in [3.8, 4) is 0 Å². The third-order valence-electron chi connectivity index (χ3n) is 4.08. The van der Waals surface area contributed by atoms with Gasteiger partial charge in [0.1, 0.15) is 5.69 Å². The number of carbonyl (C=O) groups is 1. The van der Waals surface area contributed by atoms with Crippen LogP contribution < -0.4 is 5.32 Å². The Hall–Kier alpha value is -1.42. The highest BCUT2D eigenvalue weighted by Gasteiger charge is 2.26. The number of nitrogens with one attached hydrogen (secondary N) is 1. The maximum atomic E-state index is 12.4. The Labute approximate surface area is 115 Å². The predicted molar refractivity (Wildman–Crippen MR) is 76.2 cm³/mol. The van der Waals surface area contributed by atoms with Gasteiger partial charge in [0.25, 0.3) is 5.91 Å². The van der Waals surface area contributed by atoms with Crippen molar-refractivity contribution >= 4 is 5.91 Å². The minimum atomic E-state index is 0.0385. The van der Waals surface area contributed by atoms with Crippen LogP contribution in [0.3, 0.4) is 0 Å². The molecule has 1 aliphatic carbocycles. The molecule has 19 heavy (non-hydrogen) atoms. The molecule has 1 amide bonds. The number of carbonyl (C=O) groups excluding carboxylic acids is 1. The molecule has 0 atom stereocenters. The molecular formula is C15H23N3O. The van der Waals surface area contributed by atoms with E-state index >= 15 is 0 Å². The lowest BCUT2D eigenvalue weighted by Gasteiger charge is -2.34. The van der Waals surface area contributed by atoms with Gasteiger partial charge < -0.3 is 10.2 Å². The Morgan fingerprint density at radius 2 is 2.00 bits per heavy atom. The summed E-state index contributed by atoms with van der Waals surface area (Å²) >= 11 is 0. The number of aryl methyl sites for hydroxylation is 1. The smallest absolute Gasteiger partial charge is 0.272 e. The van der Waals surface area contributed by atoms with Crippen LogP contribution in [0.1, 0.15) is 41.9 Å². The molecule has 1 N–H and O–H groups in total. The highest BCUT2D eigenvalue weighted by Crippen LogP contribution is 2.23. The second-order valence-electron chi connectivity index (χ2n) is 5.37. The van der Waals surface area contributed by atoms with Crippen molar-refractivity contribution in [3.05, 3.63) is 29.6 Å². The van der Waals surface area contributed by atoms with E-state index in [1.54, 1.807) is 6.07 Å². The van der Waals surface area contributed by atoms with Crippen LogP contribution in [0.2, 0.25) is 0 Å². The Morgan fingerprint density at radius 3 is 2.58 bits per heavy atom. The van der Waals surface area contributed by atoms with Crippen LogP contribution in [0, 0.1) is 6.92 Å². The number of hydrogen-bond donors (Lipinski definition) is 1. The minimum Gasteiger partial charge on any atom is -0.337 e. The molecule has 1 aromatic rings. The van der Waals surface area contributed by atoms with Crippen LogP contribution in [-0.4, -0.2) is 42.0 Å². The van der Waals surface area contributed by atoms with E-state index in [-0.39, 0.29) is 5.91 Å². The van der Waals surface area contributed by atoms with E-state index in [0.29, 0.717) is 17.8 Å². The number of pyridine rings is 1. The third-order valence-corrected chi connectivity index (χ3v) is 4.08. The lowest BCUT2D eigenvalue weighted by Crippen LogP contribution is -2.42. The minimum absolute atomic E-state index is 0.0385. The highest BCUT2D eigenvalue weighted by atomic mass is 16.2. The van der Waals surface area contributed by atoms with Crippen LogP contribution in [0.25, 0.3) is 0 Å². The van der Waals surface area contributed by atoms with Gasteiger partial charge in [0.2, 0.25) is 0 Å². The second-order valence-corrected chi connectivity index (χ2v) is 5.37. The molecule has 0 aliphatic heterocycles. The van der Waals surface area contributed by atoms with E-state index in [1.807, 2.05) is 38.1 Å². The van der Waals surface area contributed by atoms with Gasteiger partial charge in [-0.25, -0.2) is 4.98 Å². The Balaban J connectivity index is 2.00. The molecule has 4 nitrogen and oxygen atoms in total. The van der Waals surface area contributed by atoms with Crippen molar-refractivity contribution in [1.29, 1.82) is 0 Å². The molecule has 4 heteroatoms. The quantitative estimate of drug-likeness (QED) is 0.905. The summed E-state index contributed by atoms with van der Waals surface area (Å²) in [5.74, 6) is 0.0385. The van der Waals surface area contributed by atoms with Gasteiger partial charge in [-0.3, -0.25) is 4.79 Å².